The zero-order valence-electron chi connectivity index (χ0n) is 17.3. The van der Waals surface area contributed by atoms with Gasteiger partial charge < -0.3 is 19.8 Å². The Labute approximate surface area is 174 Å². The lowest BCUT2D eigenvalue weighted by Gasteiger charge is -2.26. The van der Waals surface area contributed by atoms with Gasteiger partial charge in [-0.3, -0.25) is 9.89 Å². The normalized spacial score (nSPS) is 15.5. The molecule has 4 rings (SSSR count). The van der Waals surface area contributed by atoms with Crippen molar-refractivity contribution in [3.8, 4) is 22.8 Å². The molecule has 0 saturated heterocycles. The Bertz CT molecular complexity index is 1110. The highest BCUT2D eigenvalue weighted by atomic mass is 16.5. The van der Waals surface area contributed by atoms with E-state index in [1.54, 1.807) is 12.0 Å². The van der Waals surface area contributed by atoms with Gasteiger partial charge in [-0.15, -0.1) is 0 Å². The van der Waals surface area contributed by atoms with Crippen LogP contribution in [0.2, 0.25) is 0 Å². The average molecular weight is 407 g/mol. The molecule has 0 radical (unpaired) electrons. The third kappa shape index (κ3) is 3.21. The number of amides is 1. The second-order valence-electron chi connectivity index (χ2n) is 7.59. The van der Waals surface area contributed by atoms with Crippen molar-refractivity contribution in [3.05, 3.63) is 64.3 Å². The molecule has 1 aromatic heterocycles. The molecule has 1 amide bonds. The highest BCUT2D eigenvalue weighted by molar-refractivity contribution is 6.00. The van der Waals surface area contributed by atoms with Gasteiger partial charge in [0, 0.05) is 24.3 Å². The smallest absolute Gasteiger partial charge is 0.273 e. The molecular weight excluding hydrogens is 382 g/mol. The molecule has 2 aromatic carbocycles. The quantitative estimate of drug-likeness (QED) is 0.582. The predicted octanol–water partition coefficient (Wildman–Crippen LogP) is 3.34. The van der Waals surface area contributed by atoms with Crippen LogP contribution in [0.5, 0.6) is 11.5 Å². The number of methoxy groups -OCH3 is 1. The van der Waals surface area contributed by atoms with Crippen molar-refractivity contribution in [2.45, 2.75) is 26.3 Å². The second-order valence-corrected chi connectivity index (χ2v) is 7.59. The number of phenolic OH excluding ortho intramolecular Hbond substituents is 1. The number of hydrogen-bond donors (Lipinski definition) is 3. The number of carbonyl (C=O) groups excluding carboxylic acids is 1. The van der Waals surface area contributed by atoms with Crippen LogP contribution in [0, 0.1) is 13.8 Å². The molecule has 156 valence electrons. The Morgan fingerprint density at radius 3 is 2.77 bits per heavy atom. The molecule has 7 heteroatoms. The average Bonchev–Trinajstić information content (AvgIpc) is 3.28. The SMILES string of the molecule is COc1cccc([C@@H]2c3c(-c4cc(C)cc(C)c4O)n[nH]c3C(=O)N2CCCO)c1. The molecule has 0 fully saturated rings. The van der Waals surface area contributed by atoms with E-state index in [0.29, 0.717) is 35.7 Å². The predicted molar refractivity (Wildman–Crippen MR) is 113 cm³/mol. The minimum atomic E-state index is -0.400. The highest BCUT2D eigenvalue weighted by Gasteiger charge is 2.42. The van der Waals surface area contributed by atoms with Crippen LogP contribution in [-0.4, -0.2) is 51.5 Å². The van der Waals surface area contributed by atoms with Gasteiger partial charge in [0.05, 0.1) is 13.2 Å². The Balaban J connectivity index is 1.92. The molecule has 3 aromatic rings. The highest BCUT2D eigenvalue weighted by Crippen LogP contribution is 2.45. The molecule has 3 N–H and O–H groups in total. The number of aromatic hydroxyl groups is 1. The number of rotatable bonds is 6. The number of aliphatic hydroxyl groups is 1. The summed E-state index contributed by atoms with van der Waals surface area (Å²) in [6.07, 6.45) is 0.466. The van der Waals surface area contributed by atoms with Crippen LogP contribution in [0.15, 0.2) is 36.4 Å². The van der Waals surface area contributed by atoms with Gasteiger partial charge in [0.1, 0.15) is 22.9 Å². The van der Waals surface area contributed by atoms with Crippen molar-refractivity contribution < 1.29 is 19.7 Å². The standard InChI is InChI=1S/C23H25N3O4/c1-13-10-14(2)22(28)17(11-13)19-18-20(25-24-19)23(29)26(8-5-9-27)21(18)15-6-4-7-16(12-15)30-3/h4,6-7,10-12,21,27-28H,5,8-9H2,1-3H3,(H,24,25)/t21-/m1/s1. The van der Waals surface area contributed by atoms with E-state index in [2.05, 4.69) is 10.2 Å². The molecule has 0 unspecified atom stereocenters. The summed E-state index contributed by atoms with van der Waals surface area (Å²) in [5, 5.41) is 27.4. The Morgan fingerprint density at radius 2 is 2.03 bits per heavy atom. The van der Waals surface area contributed by atoms with Crippen LogP contribution in [0.25, 0.3) is 11.3 Å². The monoisotopic (exact) mass is 407 g/mol. The first kappa shape index (κ1) is 20.0. The van der Waals surface area contributed by atoms with Gasteiger partial charge in [0.2, 0.25) is 0 Å². The molecule has 1 aliphatic rings. The molecule has 7 nitrogen and oxygen atoms in total. The third-order valence-electron chi connectivity index (χ3n) is 5.53. The largest absolute Gasteiger partial charge is 0.507 e. The summed E-state index contributed by atoms with van der Waals surface area (Å²) in [6, 6.07) is 11.0. The number of fused-ring (bicyclic) bond motifs is 1. The van der Waals surface area contributed by atoms with Gasteiger partial charge in [-0.1, -0.05) is 18.2 Å². The number of aryl methyl sites for hydroxylation is 2. The molecule has 0 bridgehead atoms. The zero-order chi connectivity index (χ0) is 21.4. The fraction of sp³-hybridized carbons (Fsp3) is 0.304. The van der Waals surface area contributed by atoms with E-state index in [-0.39, 0.29) is 18.3 Å². The number of aliphatic hydroxyl groups excluding tert-OH is 1. The molecule has 1 atom stereocenters. The van der Waals surface area contributed by atoms with E-state index in [4.69, 9.17) is 4.74 Å². The van der Waals surface area contributed by atoms with Crippen molar-refractivity contribution >= 4 is 5.91 Å². The van der Waals surface area contributed by atoms with E-state index < -0.39 is 6.04 Å². The van der Waals surface area contributed by atoms with E-state index in [9.17, 15) is 15.0 Å². The number of H-pyrrole nitrogens is 1. The number of nitrogens with one attached hydrogen (secondary N) is 1. The summed E-state index contributed by atoms with van der Waals surface area (Å²) in [4.78, 5) is 14.9. The molecule has 1 aliphatic heterocycles. The zero-order valence-corrected chi connectivity index (χ0v) is 17.3. The number of hydrogen-bond acceptors (Lipinski definition) is 5. The van der Waals surface area contributed by atoms with Gasteiger partial charge >= 0.3 is 0 Å². The van der Waals surface area contributed by atoms with Gasteiger partial charge in [-0.25, -0.2) is 0 Å². The van der Waals surface area contributed by atoms with Crippen LogP contribution in [-0.2, 0) is 0 Å². The first-order chi connectivity index (χ1) is 14.5. The fourth-order valence-corrected chi connectivity index (χ4v) is 4.17. The molecule has 30 heavy (non-hydrogen) atoms. The summed E-state index contributed by atoms with van der Waals surface area (Å²) in [6.45, 7) is 4.20. The first-order valence-electron chi connectivity index (χ1n) is 9.90. The number of phenols is 1. The summed E-state index contributed by atoms with van der Waals surface area (Å²) >= 11 is 0. The maximum absolute atomic E-state index is 13.2. The second kappa shape index (κ2) is 7.84. The van der Waals surface area contributed by atoms with Crippen molar-refractivity contribution in [2.24, 2.45) is 0 Å². The van der Waals surface area contributed by atoms with Crippen LogP contribution in [0.3, 0.4) is 0 Å². The van der Waals surface area contributed by atoms with E-state index >= 15 is 0 Å². The maximum Gasteiger partial charge on any atom is 0.273 e. The molecule has 2 heterocycles. The Hall–Kier alpha value is -3.32. The van der Waals surface area contributed by atoms with Crippen LogP contribution in [0.4, 0.5) is 0 Å². The summed E-state index contributed by atoms with van der Waals surface area (Å²) in [5.41, 5.74) is 4.92. The van der Waals surface area contributed by atoms with E-state index in [1.807, 2.05) is 50.2 Å². The summed E-state index contributed by atoms with van der Waals surface area (Å²) in [7, 11) is 1.60. The maximum atomic E-state index is 13.2. The topological polar surface area (TPSA) is 98.7 Å². The number of benzene rings is 2. The van der Waals surface area contributed by atoms with E-state index in [0.717, 1.165) is 22.3 Å². The van der Waals surface area contributed by atoms with E-state index in [1.165, 1.54) is 0 Å². The number of carbonyl (C=O) groups is 1. The van der Waals surface area contributed by atoms with Crippen molar-refractivity contribution in [3.63, 3.8) is 0 Å². The first-order valence-corrected chi connectivity index (χ1v) is 9.90. The van der Waals surface area contributed by atoms with Gasteiger partial charge in [-0.2, -0.15) is 5.10 Å². The minimum Gasteiger partial charge on any atom is -0.507 e. The lowest BCUT2D eigenvalue weighted by molar-refractivity contribution is 0.0732. The van der Waals surface area contributed by atoms with Crippen molar-refractivity contribution in [1.29, 1.82) is 0 Å². The van der Waals surface area contributed by atoms with Crippen molar-refractivity contribution in [1.82, 2.24) is 15.1 Å². The van der Waals surface area contributed by atoms with Crippen molar-refractivity contribution in [2.75, 3.05) is 20.3 Å². The molecule has 0 spiro atoms. The van der Waals surface area contributed by atoms with Crippen LogP contribution >= 0.6 is 0 Å². The number of ether oxygens (including phenoxy) is 1. The summed E-state index contributed by atoms with van der Waals surface area (Å²) < 4.78 is 5.39. The summed E-state index contributed by atoms with van der Waals surface area (Å²) in [5.74, 6) is 0.671. The molecule has 0 saturated carbocycles. The van der Waals surface area contributed by atoms with Gasteiger partial charge in [-0.05, 0) is 55.2 Å². The third-order valence-corrected chi connectivity index (χ3v) is 5.53. The Morgan fingerprint density at radius 1 is 1.23 bits per heavy atom. The fourth-order valence-electron chi connectivity index (χ4n) is 4.17. The minimum absolute atomic E-state index is 0.00842. The number of nitrogens with zero attached hydrogens (tertiary/aromatic N) is 2. The van der Waals surface area contributed by atoms with Crippen LogP contribution < -0.4 is 4.74 Å². The number of aromatic nitrogens is 2. The Kier molecular flexibility index (Phi) is 5.22. The van der Waals surface area contributed by atoms with Gasteiger partial charge in [0.15, 0.2) is 0 Å². The number of aromatic amines is 1. The lowest BCUT2D eigenvalue weighted by Crippen LogP contribution is -2.31. The molecule has 0 aliphatic carbocycles. The lowest BCUT2D eigenvalue weighted by atomic mass is 9.94. The van der Waals surface area contributed by atoms with Gasteiger partial charge in [0.25, 0.3) is 5.91 Å². The van der Waals surface area contributed by atoms with Crippen LogP contribution in [0.1, 0.15) is 45.2 Å². The molecular formula is C23H25N3O4.